The van der Waals surface area contributed by atoms with Crippen molar-refractivity contribution in [1.29, 1.82) is 0 Å². The van der Waals surface area contributed by atoms with E-state index in [4.69, 9.17) is 4.74 Å². The maximum absolute atomic E-state index is 10.4. The fourth-order valence-electron chi connectivity index (χ4n) is 10.1. The molecule has 1 aromatic carbocycles. The van der Waals surface area contributed by atoms with Crippen molar-refractivity contribution in [1.82, 2.24) is 4.90 Å². The van der Waals surface area contributed by atoms with Crippen LogP contribution >= 0.6 is 0 Å². The molecule has 0 radical (unpaired) electrons. The molecular weight excluding hydrogens is 454 g/mol. The number of piperidine rings is 1. The van der Waals surface area contributed by atoms with Gasteiger partial charge in [0.15, 0.2) is 0 Å². The van der Waals surface area contributed by atoms with E-state index in [0.717, 1.165) is 49.7 Å². The van der Waals surface area contributed by atoms with Gasteiger partial charge in [-0.2, -0.15) is 0 Å². The van der Waals surface area contributed by atoms with Crippen molar-refractivity contribution in [3.05, 3.63) is 47.0 Å². The van der Waals surface area contributed by atoms with Gasteiger partial charge in [0, 0.05) is 25.7 Å². The number of benzene rings is 1. The van der Waals surface area contributed by atoms with E-state index in [9.17, 15) is 5.11 Å². The molecule has 3 saturated carbocycles. The Kier molecular flexibility index (Phi) is 7.35. The number of aliphatic hydroxyl groups excluding tert-OH is 1. The average Bonchev–Trinajstić information content (AvgIpc) is 3.24. The molecule has 3 heteroatoms. The number of ether oxygens (including phenoxy) is 1. The molecule has 0 amide bonds. The van der Waals surface area contributed by atoms with E-state index in [1.54, 1.807) is 5.57 Å². The van der Waals surface area contributed by atoms with E-state index in [0.29, 0.717) is 29.4 Å². The molecule has 3 unspecified atom stereocenters. The van der Waals surface area contributed by atoms with Crippen LogP contribution in [0.4, 0.5) is 0 Å². The Morgan fingerprint density at radius 2 is 1.84 bits per heavy atom. The standard InChI is InChI=1S/C34H51NO2/c1-22-16-32-33(35(20-22)21-25-8-6-5-7-9-25)24(3)17-23(2)30-19-31-29(28(30)13-15-37-32)11-10-26-18-27(36)12-14-34(26,31)4/h5-9,22,24,26-29,31-33,36H,10-21H2,1-4H3/b30-23-/t22-,24-,26?,27-,28-,29?,31-,32?,33-,34-/m0/s1. The van der Waals surface area contributed by atoms with E-state index in [-0.39, 0.29) is 6.10 Å². The molecule has 1 saturated heterocycles. The average molecular weight is 506 g/mol. The minimum atomic E-state index is -0.0588. The van der Waals surface area contributed by atoms with Crippen LogP contribution in [0.2, 0.25) is 0 Å². The van der Waals surface area contributed by atoms with Gasteiger partial charge in [-0.25, -0.2) is 0 Å². The molecule has 1 aromatic rings. The van der Waals surface area contributed by atoms with Crippen molar-refractivity contribution in [3.63, 3.8) is 0 Å². The lowest BCUT2D eigenvalue weighted by molar-refractivity contribution is -0.0871. The van der Waals surface area contributed by atoms with Crippen molar-refractivity contribution in [2.45, 2.75) is 110 Å². The Labute approximate surface area is 226 Å². The molecule has 10 atom stereocenters. The first-order valence-electron chi connectivity index (χ1n) is 15.6. The molecule has 3 aliphatic carbocycles. The summed E-state index contributed by atoms with van der Waals surface area (Å²) in [6.07, 6.45) is 11.2. The summed E-state index contributed by atoms with van der Waals surface area (Å²) >= 11 is 0. The second-order valence-corrected chi connectivity index (χ2v) is 14.2. The van der Waals surface area contributed by atoms with Crippen LogP contribution in [0.25, 0.3) is 0 Å². The fraction of sp³-hybridized carbons (Fsp3) is 0.765. The summed E-state index contributed by atoms with van der Waals surface area (Å²) in [7, 11) is 0. The largest absolute Gasteiger partial charge is 0.393 e. The highest BCUT2D eigenvalue weighted by molar-refractivity contribution is 5.26. The van der Waals surface area contributed by atoms with Gasteiger partial charge in [-0.15, -0.1) is 0 Å². The van der Waals surface area contributed by atoms with Gasteiger partial charge < -0.3 is 9.84 Å². The Balaban J connectivity index is 1.27. The molecule has 1 N–H and O–H groups in total. The summed E-state index contributed by atoms with van der Waals surface area (Å²) < 4.78 is 6.90. The van der Waals surface area contributed by atoms with Gasteiger partial charge >= 0.3 is 0 Å². The van der Waals surface area contributed by atoms with Gasteiger partial charge in [0.25, 0.3) is 0 Å². The Morgan fingerprint density at radius 1 is 1.03 bits per heavy atom. The lowest BCUT2D eigenvalue weighted by Crippen LogP contribution is -2.54. The highest BCUT2D eigenvalue weighted by Crippen LogP contribution is 2.63. The molecule has 5 aliphatic rings. The third-order valence-corrected chi connectivity index (χ3v) is 11.9. The minimum Gasteiger partial charge on any atom is -0.393 e. The number of hydrogen-bond acceptors (Lipinski definition) is 3. The predicted octanol–water partition coefficient (Wildman–Crippen LogP) is 7.24. The normalized spacial score (nSPS) is 46.9. The lowest BCUT2D eigenvalue weighted by atomic mass is 9.52. The Morgan fingerprint density at radius 3 is 2.65 bits per heavy atom. The molecule has 37 heavy (non-hydrogen) atoms. The second kappa shape index (κ2) is 10.4. The first kappa shape index (κ1) is 26.1. The van der Waals surface area contributed by atoms with E-state index in [1.165, 1.54) is 57.1 Å². The van der Waals surface area contributed by atoms with Gasteiger partial charge in [-0.3, -0.25) is 4.90 Å². The summed E-state index contributed by atoms with van der Waals surface area (Å²) in [5, 5.41) is 10.4. The van der Waals surface area contributed by atoms with Crippen LogP contribution in [0.15, 0.2) is 41.5 Å². The van der Waals surface area contributed by atoms with Crippen molar-refractivity contribution in [2.24, 2.45) is 40.9 Å². The van der Waals surface area contributed by atoms with Crippen molar-refractivity contribution < 1.29 is 9.84 Å². The van der Waals surface area contributed by atoms with Gasteiger partial charge in [-0.1, -0.05) is 62.2 Å². The quantitative estimate of drug-likeness (QED) is 0.430. The first-order chi connectivity index (χ1) is 17.8. The number of aliphatic hydroxyl groups is 1. The van der Waals surface area contributed by atoms with E-state index in [1.807, 2.05) is 5.57 Å². The van der Waals surface area contributed by atoms with Gasteiger partial charge in [0.05, 0.1) is 12.2 Å². The Bertz CT molecular complexity index is 973. The lowest BCUT2D eigenvalue weighted by Gasteiger charge is -2.53. The number of hydrogen-bond donors (Lipinski definition) is 1. The van der Waals surface area contributed by atoms with Gasteiger partial charge in [-0.05, 0) is 111 Å². The molecule has 0 bridgehead atoms. The fourth-order valence-corrected chi connectivity index (χ4v) is 10.1. The molecule has 4 fully saturated rings. The van der Waals surface area contributed by atoms with E-state index >= 15 is 0 Å². The molecule has 2 aliphatic heterocycles. The van der Waals surface area contributed by atoms with Crippen molar-refractivity contribution in [3.8, 4) is 0 Å². The van der Waals surface area contributed by atoms with Crippen molar-refractivity contribution >= 4 is 0 Å². The molecule has 0 aromatic heterocycles. The maximum Gasteiger partial charge on any atom is 0.0736 e. The van der Waals surface area contributed by atoms with Crippen LogP contribution in [-0.2, 0) is 11.3 Å². The van der Waals surface area contributed by atoms with Crippen LogP contribution in [-0.4, -0.2) is 41.4 Å². The van der Waals surface area contributed by atoms with Crippen LogP contribution in [0.1, 0.15) is 91.0 Å². The number of allylic oxidation sites excluding steroid dienone is 2. The summed E-state index contributed by atoms with van der Waals surface area (Å²) in [5.41, 5.74) is 5.37. The minimum absolute atomic E-state index is 0.0588. The molecular formula is C34H51NO2. The summed E-state index contributed by atoms with van der Waals surface area (Å²) in [4.78, 5) is 2.77. The smallest absolute Gasteiger partial charge is 0.0736 e. The molecule has 204 valence electrons. The number of rotatable bonds is 2. The summed E-state index contributed by atoms with van der Waals surface area (Å²) in [6.45, 7) is 13.2. The number of fused-ring (bicyclic) bond motifs is 6. The van der Waals surface area contributed by atoms with E-state index < -0.39 is 0 Å². The van der Waals surface area contributed by atoms with Crippen LogP contribution in [0, 0.1) is 40.9 Å². The highest BCUT2D eigenvalue weighted by Gasteiger charge is 2.55. The van der Waals surface area contributed by atoms with Crippen LogP contribution in [0.5, 0.6) is 0 Å². The SMILES string of the molecule is C/C1=C2\C[C@H]3C(CCC4C[C@@H](O)CC[C@@]43C)[C@@H]2CCOC2C[C@H](C)CN(Cc3ccccc3)[C@H]2[C@@H](C)C1. The second-order valence-electron chi connectivity index (χ2n) is 14.2. The summed E-state index contributed by atoms with van der Waals surface area (Å²) in [5.74, 6) is 4.36. The molecule has 3 nitrogen and oxygen atoms in total. The number of nitrogens with zero attached hydrogens (tertiary/aromatic N) is 1. The van der Waals surface area contributed by atoms with E-state index in [2.05, 4.69) is 62.9 Å². The van der Waals surface area contributed by atoms with Crippen LogP contribution in [0.3, 0.4) is 0 Å². The zero-order valence-electron chi connectivity index (χ0n) is 23.9. The van der Waals surface area contributed by atoms with Crippen molar-refractivity contribution in [2.75, 3.05) is 13.2 Å². The molecule has 0 spiro atoms. The molecule has 6 rings (SSSR count). The predicted molar refractivity (Wildman–Crippen MR) is 151 cm³/mol. The topological polar surface area (TPSA) is 32.7 Å². The van der Waals surface area contributed by atoms with Crippen LogP contribution < -0.4 is 0 Å². The zero-order valence-corrected chi connectivity index (χ0v) is 23.9. The zero-order chi connectivity index (χ0) is 25.7. The van der Waals surface area contributed by atoms with Gasteiger partial charge in [0.2, 0.25) is 0 Å². The third kappa shape index (κ3) is 4.87. The third-order valence-electron chi connectivity index (χ3n) is 11.9. The maximum atomic E-state index is 10.4. The Hall–Kier alpha value is -1.16. The highest BCUT2D eigenvalue weighted by atomic mass is 16.5. The number of likely N-dealkylation sites (tertiary alicyclic amines) is 1. The summed E-state index contributed by atoms with van der Waals surface area (Å²) in [6, 6.07) is 11.6. The monoisotopic (exact) mass is 505 g/mol. The molecule has 2 heterocycles. The first-order valence-corrected chi connectivity index (χ1v) is 15.6. The van der Waals surface area contributed by atoms with Gasteiger partial charge in [0.1, 0.15) is 0 Å².